The SMILES string of the molecule is CN1CCC23c4c5ccc(OC(=O)c6ccc(NC(=O)OC(C)(C)C)cc6)c4O[C@H]2CC=CC3[C@H]1C5. The Morgan fingerprint density at radius 2 is 1.92 bits per heavy atom. The molecule has 2 heterocycles. The maximum Gasteiger partial charge on any atom is 0.412 e. The molecule has 4 atom stereocenters. The number of carbonyl (C=O) groups excluding carboxylic acids is 2. The summed E-state index contributed by atoms with van der Waals surface area (Å²) in [4.78, 5) is 27.6. The molecule has 2 bridgehead atoms. The first kappa shape index (κ1) is 23.1. The van der Waals surface area contributed by atoms with E-state index in [-0.39, 0.29) is 11.5 Å². The van der Waals surface area contributed by atoms with E-state index in [1.807, 2.05) is 6.07 Å². The summed E-state index contributed by atoms with van der Waals surface area (Å²) in [7, 11) is 2.22. The average Bonchev–Trinajstić information content (AvgIpc) is 3.16. The van der Waals surface area contributed by atoms with Gasteiger partial charge in [0.2, 0.25) is 0 Å². The van der Waals surface area contributed by atoms with Gasteiger partial charge in [-0.05, 0) is 83.1 Å². The van der Waals surface area contributed by atoms with Crippen molar-refractivity contribution in [2.75, 3.05) is 18.9 Å². The predicted octanol–water partition coefficient (Wildman–Crippen LogP) is 5.09. The number of carbonyl (C=O) groups is 2. The molecule has 1 saturated heterocycles. The minimum absolute atomic E-state index is 0.0355. The van der Waals surface area contributed by atoms with Gasteiger partial charge in [-0.1, -0.05) is 18.2 Å². The molecule has 1 spiro atoms. The summed E-state index contributed by atoms with van der Waals surface area (Å²) >= 11 is 0. The van der Waals surface area contributed by atoms with Crippen LogP contribution in [0.3, 0.4) is 0 Å². The molecule has 1 amide bonds. The lowest BCUT2D eigenvalue weighted by molar-refractivity contribution is 0.00193. The maximum absolute atomic E-state index is 13.1. The van der Waals surface area contributed by atoms with Crippen molar-refractivity contribution in [1.82, 2.24) is 4.90 Å². The zero-order valence-electron chi connectivity index (χ0n) is 21.2. The van der Waals surface area contributed by atoms with E-state index in [0.717, 1.165) is 31.6 Å². The third-order valence-corrected chi connectivity index (χ3v) is 8.05. The number of amides is 1. The van der Waals surface area contributed by atoms with E-state index >= 15 is 0 Å². The van der Waals surface area contributed by atoms with Gasteiger partial charge in [-0.15, -0.1) is 0 Å². The number of nitrogens with zero attached hydrogens (tertiary/aromatic N) is 1. The monoisotopic (exact) mass is 488 g/mol. The lowest BCUT2D eigenvalue weighted by Gasteiger charge is -2.55. The highest BCUT2D eigenvalue weighted by molar-refractivity contribution is 5.93. The summed E-state index contributed by atoms with van der Waals surface area (Å²) in [6, 6.07) is 11.0. The fraction of sp³-hybridized carbons (Fsp3) is 0.448. The number of likely N-dealkylation sites (tertiary alicyclic amines) is 1. The van der Waals surface area contributed by atoms with E-state index < -0.39 is 17.7 Å². The Hall–Kier alpha value is -3.32. The lowest BCUT2D eigenvalue weighted by Crippen LogP contribution is -2.62. The molecule has 1 fully saturated rings. The number of piperidine rings is 1. The summed E-state index contributed by atoms with van der Waals surface area (Å²) in [6.07, 6.45) is 7.09. The van der Waals surface area contributed by atoms with Crippen molar-refractivity contribution in [2.45, 2.75) is 63.2 Å². The van der Waals surface area contributed by atoms with E-state index in [4.69, 9.17) is 14.2 Å². The first-order chi connectivity index (χ1) is 17.2. The van der Waals surface area contributed by atoms with Gasteiger partial charge in [0, 0.05) is 35.0 Å². The van der Waals surface area contributed by atoms with Gasteiger partial charge in [0.15, 0.2) is 11.5 Å². The molecule has 6 rings (SSSR count). The van der Waals surface area contributed by atoms with E-state index in [2.05, 4.69) is 35.5 Å². The molecule has 2 aromatic carbocycles. The Morgan fingerprint density at radius 3 is 2.67 bits per heavy atom. The van der Waals surface area contributed by atoms with Crippen LogP contribution >= 0.6 is 0 Å². The molecule has 0 aromatic heterocycles. The molecule has 0 radical (unpaired) electrons. The zero-order chi connectivity index (χ0) is 25.2. The van der Waals surface area contributed by atoms with E-state index in [1.54, 1.807) is 45.0 Å². The standard InChI is InChI=1S/C29H32N2O5/c1-28(2,3)36-27(33)30-19-11-8-17(9-12-19)26(32)34-22-13-10-18-16-21-20-6-5-7-23-29(20,14-15-31(21)4)24(18)25(22)35-23/h5-6,8-13,20-21,23H,7,14-16H2,1-4H3,(H,30,33)/t20?,21-,23+,29?/m1/s1. The maximum atomic E-state index is 13.1. The summed E-state index contributed by atoms with van der Waals surface area (Å²) in [6.45, 7) is 6.45. The Morgan fingerprint density at radius 1 is 1.14 bits per heavy atom. The number of anilines is 1. The van der Waals surface area contributed by atoms with Crippen molar-refractivity contribution < 1.29 is 23.8 Å². The highest BCUT2D eigenvalue weighted by atomic mass is 16.6. The van der Waals surface area contributed by atoms with Gasteiger partial charge in [-0.25, -0.2) is 9.59 Å². The van der Waals surface area contributed by atoms with Crippen LogP contribution in [0.1, 0.15) is 55.1 Å². The Balaban J connectivity index is 1.24. The highest BCUT2D eigenvalue weighted by Gasteiger charge is 2.62. The van der Waals surface area contributed by atoms with Gasteiger partial charge in [-0.3, -0.25) is 5.32 Å². The minimum Gasteiger partial charge on any atom is -0.485 e. The number of benzene rings is 2. The molecule has 2 aliphatic heterocycles. The number of rotatable bonds is 3. The number of hydrogen-bond acceptors (Lipinski definition) is 6. The third-order valence-electron chi connectivity index (χ3n) is 8.05. The summed E-state index contributed by atoms with van der Waals surface area (Å²) in [5, 5.41) is 2.67. The molecule has 7 nitrogen and oxygen atoms in total. The van der Waals surface area contributed by atoms with Crippen LogP contribution in [0.25, 0.3) is 0 Å². The quantitative estimate of drug-likeness (QED) is 0.369. The largest absolute Gasteiger partial charge is 0.485 e. The Bertz CT molecular complexity index is 1260. The molecule has 4 aliphatic rings. The molecule has 7 heteroatoms. The molecule has 2 aromatic rings. The van der Waals surface area contributed by atoms with Crippen molar-refractivity contribution in [2.24, 2.45) is 5.92 Å². The number of likely N-dealkylation sites (N-methyl/N-ethyl adjacent to an activating group) is 1. The third kappa shape index (κ3) is 3.60. The van der Waals surface area contributed by atoms with Crippen LogP contribution in [0.4, 0.5) is 10.5 Å². The molecular formula is C29H32N2O5. The molecule has 188 valence electrons. The average molecular weight is 489 g/mol. The van der Waals surface area contributed by atoms with Crippen molar-refractivity contribution >= 4 is 17.7 Å². The van der Waals surface area contributed by atoms with Crippen LogP contribution in [-0.2, 0) is 16.6 Å². The first-order valence-corrected chi connectivity index (χ1v) is 12.7. The Labute approximate surface area is 211 Å². The van der Waals surface area contributed by atoms with Crippen molar-refractivity contribution in [3.05, 3.63) is 65.2 Å². The van der Waals surface area contributed by atoms with Gasteiger partial charge in [0.1, 0.15) is 11.7 Å². The molecule has 2 aliphatic carbocycles. The first-order valence-electron chi connectivity index (χ1n) is 12.7. The second kappa shape index (κ2) is 8.10. The zero-order valence-corrected chi connectivity index (χ0v) is 21.2. The molecule has 2 unspecified atom stereocenters. The van der Waals surface area contributed by atoms with Crippen LogP contribution < -0.4 is 14.8 Å². The fourth-order valence-electron chi connectivity index (χ4n) is 6.55. The van der Waals surface area contributed by atoms with Gasteiger partial charge >= 0.3 is 12.1 Å². The minimum atomic E-state index is -0.589. The van der Waals surface area contributed by atoms with Gasteiger partial charge in [0.25, 0.3) is 0 Å². The fourth-order valence-corrected chi connectivity index (χ4v) is 6.55. The topological polar surface area (TPSA) is 77.1 Å². The smallest absolute Gasteiger partial charge is 0.412 e. The lowest BCUT2D eigenvalue weighted by atomic mass is 9.54. The predicted molar refractivity (Wildman–Crippen MR) is 136 cm³/mol. The number of hydrogen-bond donors (Lipinski definition) is 1. The van der Waals surface area contributed by atoms with Crippen molar-refractivity contribution in [3.8, 4) is 11.5 Å². The molecule has 0 saturated carbocycles. The van der Waals surface area contributed by atoms with Gasteiger partial charge in [0.05, 0.1) is 5.56 Å². The van der Waals surface area contributed by atoms with Crippen LogP contribution in [0, 0.1) is 5.92 Å². The normalized spacial score (nSPS) is 27.6. The van der Waals surface area contributed by atoms with Crippen LogP contribution in [-0.4, -0.2) is 48.3 Å². The Kier molecular flexibility index (Phi) is 5.20. The van der Waals surface area contributed by atoms with Crippen molar-refractivity contribution in [3.63, 3.8) is 0 Å². The number of ether oxygens (including phenoxy) is 3. The molecule has 1 N–H and O–H groups in total. The van der Waals surface area contributed by atoms with Gasteiger partial charge < -0.3 is 19.1 Å². The van der Waals surface area contributed by atoms with Crippen LogP contribution in [0.15, 0.2) is 48.6 Å². The van der Waals surface area contributed by atoms with E-state index in [1.165, 1.54) is 11.1 Å². The van der Waals surface area contributed by atoms with Crippen LogP contribution in [0.5, 0.6) is 11.5 Å². The molecular weight excluding hydrogens is 456 g/mol. The van der Waals surface area contributed by atoms with Crippen LogP contribution in [0.2, 0.25) is 0 Å². The second-order valence-electron chi connectivity index (χ2n) is 11.4. The summed E-state index contributed by atoms with van der Waals surface area (Å²) < 4.78 is 17.7. The van der Waals surface area contributed by atoms with E-state index in [9.17, 15) is 9.59 Å². The van der Waals surface area contributed by atoms with E-state index in [0.29, 0.717) is 29.0 Å². The van der Waals surface area contributed by atoms with Crippen molar-refractivity contribution in [1.29, 1.82) is 0 Å². The summed E-state index contributed by atoms with van der Waals surface area (Å²) in [5.74, 6) is 1.18. The van der Waals surface area contributed by atoms with Gasteiger partial charge in [-0.2, -0.15) is 0 Å². The molecule has 36 heavy (non-hydrogen) atoms. The highest BCUT2D eigenvalue weighted by Crippen LogP contribution is 2.62. The number of nitrogens with one attached hydrogen (secondary N) is 1. The second-order valence-corrected chi connectivity index (χ2v) is 11.4. The summed E-state index contributed by atoms with van der Waals surface area (Å²) in [5.41, 5.74) is 2.87. The number of esters is 1.